The van der Waals surface area contributed by atoms with E-state index in [4.69, 9.17) is 4.74 Å². The van der Waals surface area contributed by atoms with E-state index in [2.05, 4.69) is 9.97 Å². The Balaban J connectivity index is 2.10. The zero-order chi connectivity index (χ0) is 15.5. The van der Waals surface area contributed by atoms with Gasteiger partial charge in [-0.15, -0.1) is 0 Å². The summed E-state index contributed by atoms with van der Waals surface area (Å²) in [6.07, 6.45) is 6.17. The van der Waals surface area contributed by atoms with Crippen molar-refractivity contribution in [3.63, 3.8) is 0 Å². The first-order chi connectivity index (χ1) is 9.85. The number of ether oxygens (including phenoxy) is 1. The molecule has 0 saturated heterocycles. The SMILES string of the molecule is CC(C)(C)OC(=O)CC(=O)c1ccnc(-n2ccnc2)c1. The van der Waals surface area contributed by atoms with Gasteiger partial charge < -0.3 is 4.74 Å². The van der Waals surface area contributed by atoms with Crippen molar-refractivity contribution in [3.8, 4) is 5.82 Å². The van der Waals surface area contributed by atoms with E-state index in [1.165, 1.54) is 6.20 Å². The van der Waals surface area contributed by atoms with E-state index in [0.29, 0.717) is 11.4 Å². The molecule has 0 radical (unpaired) electrons. The van der Waals surface area contributed by atoms with Gasteiger partial charge >= 0.3 is 5.97 Å². The van der Waals surface area contributed by atoms with Crippen LogP contribution in [0.3, 0.4) is 0 Å². The van der Waals surface area contributed by atoms with Crippen molar-refractivity contribution in [2.24, 2.45) is 0 Å². The number of ketones is 1. The van der Waals surface area contributed by atoms with E-state index in [-0.39, 0.29) is 12.2 Å². The zero-order valence-electron chi connectivity index (χ0n) is 12.2. The van der Waals surface area contributed by atoms with Crippen LogP contribution in [-0.4, -0.2) is 31.9 Å². The minimum absolute atomic E-state index is 0.287. The quantitative estimate of drug-likeness (QED) is 0.489. The Labute approximate surface area is 122 Å². The van der Waals surface area contributed by atoms with Crippen LogP contribution in [0.2, 0.25) is 0 Å². The van der Waals surface area contributed by atoms with Crippen LogP contribution in [0.25, 0.3) is 5.82 Å². The summed E-state index contributed by atoms with van der Waals surface area (Å²) in [5.41, 5.74) is -0.183. The van der Waals surface area contributed by atoms with Gasteiger partial charge in [0.25, 0.3) is 0 Å². The molecule has 0 atom stereocenters. The van der Waals surface area contributed by atoms with Crippen molar-refractivity contribution in [2.45, 2.75) is 32.8 Å². The largest absolute Gasteiger partial charge is 0.460 e. The van der Waals surface area contributed by atoms with Crippen molar-refractivity contribution >= 4 is 11.8 Å². The van der Waals surface area contributed by atoms with Crippen molar-refractivity contribution in [2.75, 3.05) is 0 Å². The Morgan fingerprint density at radius 1 is 1.29 bits per heavy atom. The fourth-order valence-electron chi connectivity index (χ4n) is 1.74. The van der Waals surface area contributed by atoms with Gasteiger partial charge in [0.05, 0.1) is 0 Å². The number of imidazole rings is 1. The summed E-state index contributed by atoms with van der Waals surface area (Å²) in [7, 11) is 0. The van der Waals surface area contributed by atoms with Crippen molar-refractivity contribution in [1.29, 1.82) is 0 Å². The topological polar surface area (TPSA) is 74.1 Å². The highest BCUT2D eigenvalue weighted by molar-refractivity contribution is 6.06. The maximum Gasteiger partial charge on any atom is 0.314 e. The number of hydrogen-bond acceptors (Lipinski definition) is 5. The summed E-state index contributed by atoms with van der Waals surface area (Å²) >= 11 is 0. The average Bonchev–Trinajstić information content (AvgIpc) is 2.90. The predicted molar refractivity (Wildman–Crippen MR) is 76.2 cm³/mol. The van der Waals surface area contributed by atoms with Crippen molar-refractivity contribution in [3.05, 3.63) is 42.6 Å². The lowest BCUT2D eigenvalue weighted by Crippen LogP contribution is -2.25. The highest BCUT2D eigenvalue weighted by atomic mass is 16.6. The molecule has 0 amide bonds. The Bertz CT molecular complexity index is 642. The van der Waals surface area contributed by atoms with Gasteiger partial charge in [0.15, 0.2) is 5.78 Å². The minimum Gasteiger partial charge on any atom is -0.460 e. The van der Waals surface area contributed by atoms with Crippen molar-refractivity contribution in [1.82, 2.24) is 14.5 Å². The molecule has 0 aliphatic carbocycles. The average molecular weight is 287 g/mol. The third-order valence-corrected chi connectivity index (χ3v) is 2.56. The first-order valence-electron chi connectivity index (χ1n) is 6.54. The zero-order valence-corrected chi connectivity index (χ0v) is 12.2. The molecule has 0 aliphatic rings. The van der Waals surface area contributed by atoms with Crippen LogP contribution >= 0.6 is 0 Å². The van der Waals surface area contributed by atoms with Crippen LogP contribution in [0.1, 0.15) is 37.6 Å². The lowest BCUT2D eigenvalue weighted by molar-refractivity contribution is -0.153. The molecule has 2 rings (SSSR count). The molecular weight excluding hydrogens is 270 g/mol. The van der Waals surface area contributed by atoms with E-state index < -0.39 is 11.6 Å². The maximum absolute atomic E-state index is 12.1. The molecule has 0 saturated carbocycles. The van der Waals surface area contributed by atoms with Gasteiger partial charge in [0.2, 0.25) is 0 Å². The number of pyridine rings is 1. The summed E-state index contributed by atoms with van der Waals surface area (Å²) in [4.78, 5) is 31.9. The molecule has 2 heterocycles. The second-order valence-corrected chi connectivity index (χ2v) is 5.56. The lowest BCUT2D eigenvalue weighted by Gasteiger charge is -2.19. The van der Waals surface area contributed by atoms with Crippen LogP contribution in [0, 0.1) is 0 Å². The van der Waals surface area contributed by atoms with Gasteiger partial charge in [-0.3, -0.25) is 14.2 Å². The monoisotopic (exact) mass is 287 g/mol. The molecule has 0 N–H and O–H groups in total. The second kappa shape index (κ2) is 5.87. The van der Waals surface area contributed by atoms with Gasteiger partial charge in [-0.1, -0.05) is 0 Å². The molecule has 6 heteroatoms. The van der Waals surface area contributed by atoms with Crippen LogP contribution in [0.15, 0.2) is 37.1 Å². The summed E-state index contributed by atoms with van der Waals surface area (Å²) in [6, 6.07) is 3.20. The molecular formula is C15H17N3O3. The highest BCUT2D eigenvalue weighted by Crippen LogP contribution is 2.12. The smallest absolute Gasteiger partial charge is 0.314 e. The summed E-state index contributed by atoms with van der Waals surface area (Å²) in [6.45, 7) is 5.29. The van der Waals surface area contributed by atoms with Gasteiger partial charge in [-0.2, -0.15) is 0 Å². The van der Waals surface area contributed by atoms with Crippen molar-refractivity contribution < 1.29 is 14.3 Å². The fourth-order valence-corrected chi connectivity index (χ4v) is 1.74. The normalized spacial score (nSPS) is 11.2. The van der Waals surface area contributed by atoms with Gasteiger partial charge in [0.1, 0.15) is 24.2 Å². The van der Waals surface area contributed by atoms with Crippen LogP contribution in [-0.2, 0) is 9.53 Å². The molecule has 110 valence electrons. The first kappa shape index (κ1) is 14.9. The molecule has 0 fully saturated rings. The predicted octanol–water partition coefficient (Wildman–Crippen LogP) is 2.18. The molecule has 0 aliphatic heterocycles. The summed E-state index contributed by atoms with van der Waals surface area (Å²) in [5.74, 6) is -0.260. The number of Topliss-reactive ketones (excluding diaryl/α,β-unsaturated/α-hetero) is 1. The third-order valence-electron chi connectivity index (χ3n) is 2.56. The highest BCUT2D eigenvalue weighted by Gasteiger charge is 2.20. The number of esters is 1. The van der Waals surface area contributed by atoms with Crippen LogP contribution in [0.5, 0.6) is 0 Å². The van der Waals surface area contributed by atoms with Gasteiger partial charge in [-0.25, -0.2) is 9.97 Å². The molecule has 6 nitrogen and oxygen atoms in total. The number of carbonyl (C=O) groups excluding carboxylic acids is 2. The number of hydrogen-bond donors (Lipinski definition) is 0. The Morgan fingerprint density at radius 2 is 2.05 bits per heavy atom. The van der Waals surface area contributed by atoms with Crippen LogP contribution < -0.4 is 0 Å². The molecule has 0 bridgehead atoms. The Morgan fingerprint density at radius 3 is 2.67 bits per heavy atom. The van der Waals surface area contributed by atoms with E-state index in [9.17, 15) is 9.59 Å². The number of aromatic nitrogens is 3. The molecule has 0 spiro atoms. The Kier molecular flexibility index (Phi) is 4.16. The van der Waals surface area contributed by atoms with Gasteiger partial charge in [0, 0.05) is 24.2 Å². The maximum atomic E-state index is 12.1. The fraction of sp³-hybridized carbons (Fsp3) is 0.333. The second-order valence-electron chi connectivity index (χ2n) is 5.56. The molecule has 2 aromatic heterocycles. The number of rotatable bonds is 4. The minimum atomic E-state index is -0.600. The number of carbonyl (C=O) groups is 2. The van der Waals surface area contributed by atoms with Crippen LogP contribution in [0.4, 0.5) is 0 Å². The van der Waals surface area contributed by atoms with Gasteiger partial charge in [-0.05, 0) is 32.9 Å². The number of nitrogens with zero attached hydrogens (tertiary/aromatic N) is 3. The Hall–Kier alpha value is -2.50. The first-order valence-corrected chi connectivity index (χ1v) is 6.54. The third kappa shape index (κ3) is 4.24. The van der Waals surface area contributed by atoms with E-state index in [0.717, 1.165) is 0 Å². The lowest BCUT2D eigenvalue weighted by atomic mass is 10.1. The molecule has 0 unspecified atom stereocenters. The standard InChI is InChI=1S/C15H17N3O3/c1-15(2,3)21-14(20)9-12(19)11-4-5-17-13(8-11)18-7-6-16-10-18/h4-8,10H,9H2,1-3H3. The van der Waals surface area contributed by atoms with E-state index in [1.807, 2.05) is 0 Å². The summed E-state index contributed by atoms with van der Waals surface area (Å²) in [5, 5.41) is 0. The molecule has 21 heavy (non-hydrogen) atoms. The summed E-state index contributed by atoms with van der Waals surface area (Å²) < 4.78 is 6.83. The molecule has 2 aromatic rings. The van der Waals surface area contributed by atoms with E-state index in [1.54, 1.807) is 56.2 Å². The molecule has 0 aromatic carbocycles. The van der Waals surface area contributed by atoms with E-state index >= 15 is 0 Å².